The van der Waals surface area contributed by atoms with Gasteiger partial charge in [-0.15, -0.1) is 0 Å². The van der Waals surface area contributed by atoms with Crippen LogP contribution in [-0.4, -0.2) is 26.2 Å². The zero-order chi connectivity index (χ0) is 33.3. The Hall–Kier alpha value is -6.07. The molecule has 2 aromatic heterocycles. The highest BCUT2D eigenvalue weighted by Crippen LogP contribution is 2.38. The maximum absolute atomic E-state index is 5.10. The molecule has 5 nitrogen and oxygen atoms in total. The van der Waals surface area contributed by atoms with Gasteiger partial charge in [0.05, 0.1) is 11.2 Å². The third kappa shape index (κ3) is 5.81. The van der Waals surface area contributed by atoms with Gasteiger partial charge in [-0.2, -0.15) is 0 Å². The van der Waals surface area contributed by atoms with Crippen LogP contribution >= 0.6 is 0 Å². The van der Waals surface area contributed by atoms with Crippen molar-refractivity contribution in [2.24, 2.45) is 10.9 Å². The Labute approximate surface area is 292 Å². The molecule has 0 saturated heterocycles. The minimum Gasteiger partial charge on any atom is -0.260 e. The molecule has 2 atom stereocenters. The summed E-state index contributed by atoms with van der Waals surface area (Å²) in [6.07, 6.45) is 27.4. The van der Waals surface area contributed by atoms with Gasteiger partial charge in [-0.3, -0.25) is 9.98 Å². The van der Waals surface area contributed by atoms with Crippen LogP contribution in [-0.2, 0) is 0 Å². The topological polar surface area (TPSA) is 63.9 Å². The van der Waals surface area contributed by atoms with Crippen LogP contribution in [0.25, 0.3) is 44.6 Å². The lowest BCUT2D eigenvalue weighted by atomic mass is 9.84. The molecular formula is C45H35N5. The SMILES string of the molecule is C1=CC2CC=CC(C3=CC=C(c4nc(C5=CCC(c6ccccc6)C=C5)nc(-c5ccc(-c6cccc7cccnc67)cc5)n4)CC3)=C2N=C1. The number of hydrogen-bond acceptors (Lipinski definition) is 5. The van der Waals surface area contributed by atoms with Gasteiger partial charge < -0.3 is 0 Å². The van der Waals surface area contributed by atoms with Crippen molar-refractivity contribution in [3.8, 4) is 22.5 Å². The fraction of sp³-hybridized carbons (Fsp3) is 0.133. The van der Waals surface area contributed by atoms with Gasteiger partial charge in [-0.05, 0) is 65.7 Å². The summed E-state index contributed by atoms with van der Waals surface area (Å²) in [7, 11) is 0. The molecule has 9 rings (SSSR count). The quantitative estimate of drug-likeness (QED) is 0.184. The molecule has 2 unspecified atom stereocenters. The van der Waals surface area contributed by atoms with Crippen molar-refractivity contribution in [2.45, 2.75) is 31.6 Å². The summed E-state index contributed by atoms with van der Waals surface area (Å²) >= 11 is 0. The molecule has 240 valence electrons. The van der Waals surface area contributed by atoms with Crippen molar-refractivity contribution in [2.75, 3.05) is 0 Å². The number of aliphatic imine (C=N–C) groups is 1. The molecule has 3 aromatic carbocycles. The molecule has 3 heterocycles. The van der Waals surface area contributed by atoms with Crippen molar-refractivity contribution >= 4 is 28.3 Å². The van der Waals surface area contributed by atoms with Crippen LogP contribution in [0.1, 0.15) is 48.8 Å². The Kier molecular flexibility index (Phi) is 7.86. The van der Waals surface area contributed by atoms with Gasteiger partial charge in [0, 0.05) is 46.3 Å². The van der Waals surface area contributed by atoms with Crippen molar-refractivity contribution in [1.82, 2.24) is 19.9 Å². The summed E-state index contributed by atoms with van der Waals surface area (Å²) in [6, 6.07) is 29.6. The first-order chi connectivity index (χ1) is 24.8. The largest absolute Gasteiger partial charge is 0.260 e. The summed E-state index contributed by atoms with van der Waals surface area (Å²) in [5.74, 6) is 2.82. The van der Waals surface area contributed by atoms with E-state index in [9.17, 15) is 0 Å². The highest BCUT2D eigenvalue weighted by molar-refractivity contribution is 5.93. The van der Waals surface area contributed by atoms with Crippen LogP contribution in [0.4, 0.5) is 0 Å². The van der Waals surface area contributed by atoms with E-state index in [1.54, 1.807) is 0 Å². The van der Waals surface area contributed by atoms with Gasteiger partial charge >= 0.3 is 0 Å². The second-order valence-corrected chi connectivity index (χ2v) is 13.1. The lowest BCUT2D eigenvalue weighted by Gasteiger charge is -2.24. The fourth-order valence-electron chi connectivity index (χ4n) is 7.34. The summed E-state index contributed by atoms with van der Waals surface area (Å²) in [6.45, 7) is 0. The number of nitrogens with zero attached hydrogens (tertiary/aromatic N) is 5. The molecule has 0 spiro atoms. The molecule has 0 saturated carbocycles. The number of pyridine rings is 1. The molecule has 4 aliphatic rings. The molecule has 5 heteroatoms. The molecule has 0 radical (unpaired) electrons. The Morgan fingerprint density at radius 1 is 0.620 bits per heavy atom. The van der Waals surface area contributed by atoms with Crippen LogP contribution in [0.2, 0.25) is 0 Å². The lowest BCUT2D eigenvalue weighted by molar-refractivity contribution is 0.737. The number of rotatable bonds is 6. The summed E-state index contributed by atoms with van der Waals surface area (Å²) in [4.78, 5) is 24.7. The number of para-hydroxylation sites is 1. The van der Waals surface area contributed by atoms with Crippen LogP contribution in [0, 0.1) is 5.92 Å². The van der Waals surface area contributed by atoms with E-state index < -0.39 is 0 Å². The molecule has 1 aliphatic heterocycles. The first-order valence-corrected chi connectivity index (χ1v) is 17.4. The Bertz CT molecular complexity index is 2360. The van der Waals surface area contributed by atoms with E-state index in [4.69, 9.17) is 19.9 Å². The zero-order valence-electron chi connectivity index (χ0n) is 27.7. The van der Waals surface area contributed by atoms with Crippen LogP contribution < -0.4 is 0 Å². The van der Waals surface area contributed by atoms with Gasteiger partial charge in [-0.25, -0.2) is 15.0 Å². The average molecular weight is 646 g/mol. The van der Waals surface area contributed by atoms with Crippen molar-refractivity contribution in [3.05, 3.63) is 180 Å². The highest BCUT2D eigenvalue weighted by Gasteiger charge is 2.23. The monoisotopic (exact) mass is 645 g/mol. The average Bonchev–Trinajstić information content (AvgIpc) is 3.21. The maximum atomic E-state index is 5.10. The Balaban J connectivity index is 1.08. The van der Waals surface area contributed by atoms with E-state index in [1.807, 2.05) is 18.5 Å². The van der Waals surface area contributed by atoms with E-state index >= 15 is 0 Å². The first-order valence-electron chi connectivity index (χ1n) is 17.4. The number of fused-ring (bicyclic) bond motifs is 2. The van der Waals surface area contributed by atoms with Crippen molar-refractivity contribution < 1.29 is 0 Å². The molecule has 0 bridgehead atoms. The summed E-state index contributed by atoms with van der Waals surface area (Å²) in [5.41, 5.74) is 11.4. The highest BCUT2D eigenvalue weighted by atomic mass is 15.0. The summed E-state index contributed by atoms with van der Waals surface area (Å²) in [5, 5.41) is 1.13. The second kappa shape index (κ2) is 13.1. The first kappa shape index (κ1) is 30.0. The standard InChI is InChI=1S/C45H35N5/c1-2-8-30(9-3-1)31-16-22-36(23-17-31)43-48-44(37-24-18-32(19-25-37)39-14-4-10-34-12-6-28-46-41(34)39)50-45(49-43)38-26-20-33(21-27-38)40-15-5-11-35-13-7-29-47-42(35)40/h1-10,12-16,18-20,22-26,28-29,31,35H,11,17,21,27H2. The van der Waals surface area contributed by atoms with E-state index in [1.165, 1.54) is 22.4 Å². The molecule has 3 aliphatic carbocycles. The van der Waals surface area contributed by atoms with Gasteiger partial charge in [0.25, 0.3) is 0 Å². The summed E-state index contributed by atoms with van der Waals surface area (Å²) < 4.78 is 0. The predicted octanol–water partition coefficient (Wildman–Crippen LogP) is 10.5. The molecule has 0 amide bonds. The fourth-order valence-corrected chi connectivity index (χ4v) is 7.34. The normalized spacial score (nSPS) is 19.6. The van der Waals surface area contributed by atoms with Gasteiger partial charge in [0.2, 0.25) is 0 Å². The minimum absolute atomic E-state index is 0.342. The molecule has 5 aromatic rings. The molecule has 0 N–H and O–H groups in total. The van der Waals surface area contributed by atoms with Gasteiger partial charge in [-0.1, -0.05) is 127 Å². The Morgan fingerprint density at radius 3 is 2.26 bits per heavy atom. The van der Waals surface area contributed by atoms with Crippen LogP contribution in [0.15, 0.2) is 168 Å². The third-order valence-corrected chi connectivity index (χ3v) is 10.0. The van der Waals surface area contributed by atoms with E-state index in [-0.39, 0.29) is 0 Å². The smallest absolute Gasteiger partial charge is 0.164 e. The van der Waals surface area contributed by atoms with Crippen LogP contribution in [0.3, 0.4) is 0 Å². The van der Waals surface area contributed by atoms with Gasteiger partial charge in [0.15, 0.2) is 17.5 Å². The molecule has 50 heavy (non-hydrogen) atoms. The lowest BCUT2D eigenvalue weighted by Crippen LogP contribution is -2.11. The van der Waals surface area contributed by atoms with Crippen LogP contribution in [0.5, 0.6) is 0 Å². The zero-order valence-corrected chi connectivity index (χ0v) is 27.7. The second-order valence-electron chi connectivity index (χ2n) is 13.1. The minimum atomic E-state index is 0.342. The predicted molar refractivity (Wildman–Crippen MR) is 204 cm³/mol. The molecule has 0 fully saturated rings. The van der Waals surface area contributed by atoms with Gasteiger partial charge in [0.1, 0.15) is 0 Å². The number of allylic oxidation sites excluding steroid dienone is 13. The molecular weight excluding hydrogens is 611 g/mol. The number of dihydropyridines is 1. The number of hydrogen-bond donors (Lipinski definition) is 0. The van der Waals surface area contributed by atoms with E-state index in [0.717, 1.165) is 70.2 Å². The van der Waals surface area contributed by atoms with E-state index in [2.05, 4.69) is 139 Å². The number of benzene rings is 3. The Morgan fingerprint density at radius 2 is 1.42 bits per heavy atom. The van der Waals surface area contributed by atoms with E-state index in [0.29, 0.717) is 23.5 Å². The third-order valence-electron chi connectivity index (χ3n) is 10.0. The van der Waals surface area contributed by atoms with Crippen molar-refractivity contribution in [1.29, 1.82) is 0 Å². The maximum Gasteiger partial charge on any atom is 0.164 e. The van der Waals surface area contributed by atoms with Crippen molar-refractivity contribution in [3.63, 3.8) is 0 Å². The number of aromatic nitrogens is 4.